The van der Waals surface area contributed by atoms with Crippen LogP contribution in [-0.2, 0) is 9.59 Å². The number of rotatable bonds is 5. The van der Waals surface area contributed by atoms with Crippen molar-refractivity contribution < 1.29 is 9.59 Å². The molecule has 1 heterocycles. The van der Waals surface area contributed by atoms with Gasteiger partial charge in [-0.05, 0) is 13.0 Å². The Kier molecular flexibility index (Phi) is 5.93. The van der Waals surface area contributed by atoms with Crippen molar-refractivity contribution in [3.8, 4) is 0 Å². The molecular weight excluding hydrogens is 220 g/mol. The Morgan fingerprint density at radius 1 is 0.824 bits per heavy atom. The number of nitrogens with zero attached hydrogens (tertiary/aromatic N) is 2. The molecule has 0 aliphatic carbocycles. The van der Waals surface area contributed by atoms with E-state index in [4.69, 9.17) is 11.5 Å². The highest BCUT2D eigenvalue weighted by molar-refractivity contribution is 5.78. The molecule has 0 bridgehead atoms. The average Bonchev–Trinajstić information content (AvgIpc) is 2.36. The van der Waals surface area contributed by atoms with E-state index in [0.29, 0.717) is 52.1 Å². The summed E-state index contributed by atoms with van der Waals surface area (Å²) in [6, 6.07) is 0. The standard InChI is InChI=1S/C11H22N4O2/c12-4-1-2-10(16)14-6-8-15(9-7-14)11(17)3-5-13/h1-9,12-13H2. The lowest BCUT2D eigenvalue weighted by atomic mass is 10.2. The molecule has 1 rings (SSSR count). The lowest BCUT2D eigenvalue weighted by Gasteiger charge is -2.34. The van der Waals surface area contributed by atoms with Gasteiger partial charge in [-0.1, -0.05) is 0 Å². The van der Waals surface area contributed by atoms with Crippen molar-refractivity contribution in [3.63, 3.8) is 0 Å². The van der Waals surface area contributed by atoms with Crippen LogP contribution < -0.4 is 11.5 Å². The summed E-state index contributed by atoms with van der Waals surface area (Å²) in [6.07, 6.45) is 1.62. The van der Waals surface area contributed by atoms with Gasteiger partial charge in [0.2, 0.25) is 11.8 Å². The van der Waals surface area contributed by atoms with Crippen LogP contribution in [-0.4, -0.2) is 60.9 Å². The van der Waals surface area contributed by atoms with Crippen LogP contribution in [0.15, 0.2) is 0 Å². The minimum absolute atomic E-state index is 0.0848. The van der Waals surface area contributed by atoms with Gasteiger partial charge in [0, 0.05) is 45.6 Å². The van der Waals surface area contributed by atoms with Gasteiger partial charge in [-0.3, -0.25) is 9.59 Å². The van der Waals surface area contributed by atoms with Crippen molar-refractivity contribution in [2.75, 3.05) is 39.3 Å². The van der Waals surface area contributed by atoms with Gasteiger partial charge in [0.05, 0.1) is 0 Å². The Morgan fingerprint density at radius 2 is 1.29 bits per heavy atom. The third-order valence-corrected chi connectivity index (χ3v) is 2.94. The first kappa shape index (κ1) is 13.9. The smallest absolute Gasteiger partial charge is 0.223 e. The molecule has 17 heavy (non-hydrogen) atoms. The number of piperazine rings is 1. The summed E-state index contributed by atoms with van der Waals surface area (Å²) in [5.74, 6) is 0.225. The number of amides is 2. The Bertz CT molecular complexity index is 262. The van der Waals surface area contributed by atoms with E-state index in [1.54, 1.807) is 4.90 Å². The fourth-order valence-electron chi connectivity index (χ4n) is 1.90. The second-order valence-electron chi connectivity index (χ2n) is 4.19. The van der Waals surface area contributed by atoms with Gasteiger partial charge in [-0.2, -0.15) is 0 Å². The van der Waals surface area contributed by atoms with E-state index in [1.807, 2.05) is 4.90 Å². The minimum atomic E-state index is 0.0848. The summed E-state index contributed by atoms with van der Waals surface area (Å²) in [7, 11) is 0. The zero-order valence-corrected chi connectivity index (χ0v) is 10.2. The molecule has 1 saturated heterocycles. The van der Waals surface area contributed by atoms with E-state index in [-0.39, 0.29) is 11.8 Å². The van der Waals surface area contributed by atoms with Gasteiger partial charge >= 0.3 is 0 Å². The molecule has 2 amide bonds. The first-order valence-corrected chi connectivity index (χ1v) is 6.14. The molecule has 0 atom stereocenters. The molecule has 1 aliphatic rings. The predicted octanol–water partition coefficient (Wildman–Crippen LogP) is -1.26. The molecule has 0 saturated carbocycles. The zero-order valence-electron chi connectivity index (χ0n) is 10.2. The molecule has 6 heteroatoms. The maximum atomic E-state index is 11.7. The monoisotopic (exact) mass is 242 g/mol. The number of carbonyl (C=O) groups excluding carboxylic acids is 2. The van der Waals surface area contributed by atoms with Crippen LogP contribution in [0.25, 0.3) is 0 Å². The highest BCUT2D eigenvalue weighted by Gasteiger charge is 2.22. The molecule has 0 radical (unpaired) electrons. The summed E-state index contributed by atoms with van der Waals surface area (Å²) in [5.41, 5.74) is 10.7. The van der Waals surface area contributed by atoms with Crippen LogP contribution in [0.3, 0.4) is 0 Å². The number of nitrogens with two attached hydrogens (primary N) is 2. The second kappa shape index (κ2) is 7.24. The Morgan fingerprint density at radius 3 is 1.71 bits per heavy atom. The van der Waals surface area contributed by atoms with Crippen molar-refractivity contribution in [1.82, 2.24) is 9.80 Å². The van der Waals surface area contributed by atoms with E-state index in [2.05, 4.69) is 0 Å². The van der Waals surface area contributed by atoms with Gasteiger partial charge in [0.1, 0.15) is 0 Å². The maximum Gasteiger partial charge on any atom is 0.223 e. The topological polar surface area (TPSA) is 92.7 Å². The summed E-state index contributed by atoms with van der Waals surface area (Å²) < 4.78 is 0. The molecule has 98 valence electrons. The highest BCUT2D eigenvalue weighted by Crippen LogP contribution is 2.06. The predicted molar refractivity (Wildman–Crippen MR) is 65.1 cm³/mol. The summed E-state index contributed by atoms with van der Waals surface area (Å²) in [6.45, 7) is 3.41. The summed E-state index contributed by atoms with van der Waals surface area (Å²) in [5, 5.41) is 0. The Hall–Kier alpha value is -1.14. The number of hydrogen-bond acceptors (Lipinski definition) is 4. The van der Waals surface area contributed by atoms with Crippen molar-refractivity contribution in [1.29, 1.82) is 0 Å². The van der Waals surface area contributed by atoms with Crippen LogP contribution in [0.1, 0.15) is 19.3 Å². The number of hydrogen-bond donors (Lipinski definition) is 2. The molecule has 0 aromatic carbocycles. The van der Waals surface area contributed by atoms with Crippen LogP contribution in [0.4, 0.5) is 0 Å². The van der Waals surface area contributed by atoms with Crippen LogP contribution in [0.5, 0.6) is 0 Å². The Balaban J connectivity index is 2.30. The zero-order chi connectivity index (χ0) is 12.7. The number of carbonyl (C=O) groups is 2. The van der Waals surface area contributed by atoms with Crippen LogP contribution >= 0.6 is 0 Å². The average molecular weight is 242 g/mol. The van der Waals surface area contributed by atoms with E-state index in [9.17, 15) is 9.59 Å². The normalized spacial score (nSPS) is 16.1. The molecule has 6 nitrogen and oxygen atoms in total. The fraction of sp³-hybridized carbons (Fsp3) is 0.818. The second-order valence-corrected chi connectivity index (χ2v) is 4.19. The Labute approximate surface area is 102 Å². The molecule has 0 aromatic rings. The van der Waals surface area contributed by atoms with Gasteiger partial charge < -0.3 is 21.3 Å². The van der Waals surface area contributed by atoms with Crippen molar-refractivity contribution in [2.45, 2.75) is 19.3 Å². The van der Waals surface area contributed by atoms with Crippen molar-refractivity contribution in [3.05, 3.63) is 0 Å². The highest BCUT2D eigenvalue weighted by atomic mass is 16.2. The quantitative estimate of drug-likeness (QED) is 0.629. The molecule has 1 fully saturated rings. The first-order chi connectivity index (χ1) is 8.19. The third-order valence-electron chi connectivity index (χ3n) is 2.94. The lowest BCUT2D eigenvalue weighted by Crippen LogP contribution is -2.50. The van der Waals surface area contributed by atoms with E-state index < -0.39 is 0 Å². The lowest BCUT2D eigenvalue weighted by molar-refractivity contribution is -0.139. The first-order valence-electron chi connectivity index (χ1n) is 6.14. The van der Waals surface area contributed by atoms with Gasteiger partial charge in [-0.25, -0.2) is 0 Å². The largest absolute Gasteiger partial charge is 0.339 e. The molecule has 0 aromatic heterocycles. The minimum Gasteiger partial charge on any atom is -0.339 e. The summed E-state index contributed by atoms with van der Waals surface area (Å²) in [4.78, 5) is 26.9. The summed E-state index contributed by atoms with van der Waals surface area (Å²) >= 11 is 0. The van der Waals surface area contributed by atoms with E-state index in [0.717, 1.165) is 6.42 Å². The van der Waals surface area contributed by atoms with Crippen LogP contribution in [0.2, 0.25) is 0 Å². The van der Waals surface area contributed by atoms with Crippen molar-refractivity contribution in [2.24, 2.45) is 11.5 Å². The van der Waals surface area contributed by atoms with Crippen LogP contribution in [0, 0.1) is 0 Å². The molecule has 1 aliphatic heterocycles. The molecular formula is C11H22N4O2. The van der Waals surface area contributed by atoms with E-state index in [1.165, 1.54) is 0 Å². The molecule has 0 spiro atoms. The molecule has 0 unspecified atom stereocenters. The third kappa shape index (κ3) is 4.32. The van der Waals surface area contributed by atoms with Gasteiger partial charge in [0.25, 0.3) is 0 Å². The van der Waals surface area contributed by atoms with Crippen molar-refractivity contribution >= 4 is 11.8 Å². The van der Waals surface area contributed by atoms with Gasteiger partial charge in [0.15, 0.2) is 0 Å². The van der Waals surface area contributed by atoms with E-state index >= 15 is 0 Å². The van der Waals surface area contributed by atoms with Gasteiger partial charge in [-0.15, -0.1) is 0 Å². The molecule has 4 N–H and O–H groups in total. The fourth-order valence-corrected chi connectivity index (χ4v) is 1.90. The maximum absolute atomic E-state index is 11.7. The SMILES string of the molecule is NCCCC(=O)N1CCN(C(=O)CCN)CC1.